The van der Waals surface area contributed by atoms with Gasteiger partial charge in [0.2, 0.25) is 0 Å². The van der Waals surface area contributed by atoms with Crippen LogP contribution in [0, 0.1) is 6.20 Å². The maximum Gasteiger partial charge on any atom is 0.152 e. The van der Waals surface area contributed by atoms with E-state index in [4.69, 9.17) is 0 Å². The van der Waals surface area contributed by atoms with E-state index in [1.165, 1.54) is 11.5 Å². The highest BCUT2D eigenvalue weighted by atomic mass is 32.1. The molecule has 3 rings (SSSR count). The minimum Gasteiger partial charge on any atom is -0.337 e. The summed E-state index contributed by atoms with van der Waals surface area (Å²) >= 11 is 1.28. The van der Waals surface area contributed by atoms with Crippen molar-refractivity contribution in [1.29, 1.82) is 0 Å². The third kappa shape index (κ3) is 1.10. The standard InChI is InChI=1S/C9H5N4S/c1-2-4-7-6(3-1)11-9(12-7)8-5-10-13-14-8/h1-4H,(H,11,12). The smallest absolute Gasteiger partial charge is 0.152 e. The third-order valence-corrected chi connectivity index (χ3v) is 2.56. The second-order valence-electron chi connectivity index (χ2n) is 2.82. The van der Waals surface area contributed by atoms with Gasteiger partial charge in [-0.25, -0.2) is 4.98 Å². The SMILES string of the molecule is [c]1nnsc1-c1nc2ccccc2[nH]1. The second-order valence-corrected chi connectivity index (χ2v) is 3.57. The van der Waals surface area contributed by atoms with E-state index in [9.17, 15) is 0 Å². The van der Waals surface area contributed by atoms with Gasteiger partial charge in [0.15, 0.2) is 5.82 Å². The second kappa shape index (κ2) is 2.88. The number of H-pyrrole nitrogens is 1. The number of benzene rings is 1. The van der Waals surface area contributed by atoms with Crippen LogP contribution in [0.4, 0.5) is 0 Å². The van der Waals surface area contributed by atoms with Crippen LogP contribution < -0.4 is 0 Å². The molecule has 1 aromatic carbocycles. The fourth-order valence-electron chi connectivity index (χ4n) is 1.30. The molecule has 0 amide bonds. The first-order chi connectivity index (χ1) is 6.93. The first-order valence-electron chi connectivity index (χ1n) is 4.08. The quantitative estimate of drug-likeness (QED) is 0.654. The summed E-state index contributed by atoms with van der Waals surface area (Å²) < 4.78 is 3.74. The maximum absolute atomic E-state index is 4.40. The van der Waals surface area contributed by atoms with Crippen LogP contribution in [-0.4, -0.2) is 19.6 Å². The van der Waals surface area contributed by atoms with E-state index in [2.05, 4.69) is 25.8 Å². The zero-order valence-electron chi connectivity index (χ0n) is 7.06. The predicted molar refractivity (Wildman–Crippen MR) is 53.8 cm³/mol. The van der Waals surface area contributed by atoms with Crippen molar-refractivity contribution in [2.24, 2.45) is 0 Å². The molecule has 0 fully saturated rings. The van der Waals surface area contributed by atoms with E-state index in [0.29, 0.717) is 0 Å². The Labute approximate surface area is 83.8 Å². The minimum atomic E-state index is 0.779. The van der Waals surface area contributed by atoms with Crippen molar-refractivity contribution in [2.45, 2.75) is 0 Å². The average molecular weight is 201 g/mol. The van der Waals surface area contributed by atoms with Gasteiger partial charge in [0.05, 0.1) is 11.0 Å². The summed E-state index contributed by atoms with van der Waals surface area (Å²) in [6, 6.07) is 7.88. The number of fused-ring (bicyclic) bond motifs is 1. The van der Waals surface area contributed by atoms with E-state index in [1.54, 1.807) is 0 Å². The third-order valence-electron chi connectivity index (χ3n) is 1.93. The molecule has 0 bridgehead atoms. The van der Waals surface area contributed by atoms with Crippen molar-refractivity contribution in [3.05, 3.63) is 30.5 Å². The van der Waals surface area contributed by atoms with Crippen LogP contribution in [-0.2, 0) is 0 Å². The molecule has 5 heteroatoms. The number of aromatic amines is 1. The molecule has 0 saturated carbocycles. The first kappa shape index (κ1) is 7.64. The molecule has 3 aromatic rings. The van der Waals surface area contributed by atoms with Crippen molar-refractivity contribution in [3.8, 4) is 10.7 Å². The van der Waals surface area contributed by atoms with Crippen LogP contribution in [0.15, 0.2) is 24.3 Å². The summed E-state index contributed by atoms with van der Waals surface area (Å²) in [6.45, 7) is 0. The number of aromatic nitrogens is 4. The molecule has 0 saturated heterocycles. The lowest BCUT2D eigenvalue weighted by Crippen LogP contribution is -1.73. The Balaban J connectivity index is 2.24. The lowest BCUT2D eigenvalue weighted by Gasteiger charge is -1.82. The number of hydrogen-bond donors (Lipinski definition) is 1. The van der Waals surface area contributed by atoms with Gasteiger partial charge in [0.1, 0.15) is 11.1 Å². The number of hydrogen-bond acceptors (Lipinski definition) is 4. The molecule has 0 atom stereocenters. The molecule has 1 radical (unpaired) electrons. The summed E-state index contributed by atoms with van der Waals surface area (Å²) in [6.07, 6.45) is 2.78. The summed E-state index contributed by atoms with van der Waals surface area (Å²) in [4.78, 5) is 8.42. The lowest BCUT2D eigenvalue weighted by atomic mass is 10.3. The zero-order chi connectivity index (χ0) is 9.38. The van der Waals surface area contributed by atoms with Crippen molar-refractivity contribution < 1.29 is 0 Å². The Morgan fingerprint density at radius 2 is 2.21 bits per heavy atom. The minimum absolute atomic E-state index is 0.779. The molecule has 67 valence electrons. The topological polar surface area (TPSA) is 54.5 Å². The van der Waals surface area contributed by atoms with Crippen molar-refractivity contribution >= 4 is 22.6 Å². The molecule has 0 aliphatic carbocycles. The number of imidazole rings is 1. The monoisotopic (exact) mass is 201 g/mol. The van der Waals surface area contributed by atoms with Gasteiger partial charge in [-0.1, -0.05) is 16.6 Å². The maximum atomic E-state index is 4.40. The highest BCUT2D eigenvalue weighted by molar-refractivity contribution is 7.09. The summed E-state index contributed by atoms with van der Waals surface area (Å²) in [5.74, 6) is 0.779. The van der Waals surface area contributed by atoms with Crippen LogP contribution >= 0.6 is 11.5 Å². The first-order valence-corrected chi connectivity index (χ1v) is 4.86. The molecular formula is C9H5N4S. The Hall–Kier alpha value is -1.75. The van der Waals surface area contributed by atoms with Crippen molar-refractivity contribution in [1.82, 2.24) is 19.6 Å². The fourth-order valence-corrected chi connectivity index (χ4v) is 1.73. The van der Waals surface area contributed by atoms with Crippen LogP contribution in [0.3, 0.4) is 0 Å². The normalized spacial score (nSPS) is 10.9. The Morgan fingerprint density at radius 3 is 3.00 bits per heavy atom. The van der Waals surface area contributed by atoms with Crippen LogP contribution in [0.5, 0.6) is 0 Å². The highest BCUT2D eigenvalue weighted by Gasteiger charge is 2.06. The molecule has 14 heavy (non-hydrogen) atoms. The fraction of sp³-hybridized carbons (Fsp3) is 0. The lowest BCUT2D eigenvalue weighted by molar-refractivity contribution is 1.14. The van der Waals surface area contributed by atoms with Gasteiger partial charge in [0, 0.05) is 0 Å². The van der Waals surface area contributed by atoms with Gasteiger partial charge in [0.25, 0.3) is 0 Å². The van der Waals surface area contributed by atoms with Gasteiger partial charge < -0.3 is 4.98 Å². The summed E-state index contributed by atoms with van der Waals surface area (Å²) in [7, 11) is 0. The largest absolute Gasteiger partial charge is 0.337 e. The molecule has 4 nitrogen and oxygen atoms in total. The average Bonchev–Trinajstić information content (AvgIpc) is 2.86. The predicted octanol–water partition coefficient (Wildman–Crippen LogP) is 1.88. The van der Waals surface area contributed by atoms with Gasteiger partial charge >= 0.3 is 0 Å². The Bertz CT molecular complexity index is 522. The molecule has 0 unspecified atom stereocenters. The number of rotatable bonds is 1. The van der Waals surface area contributed by atoms with Gasteiger partial charge in [-0.2, -0.15) is 0 Å². The Morgan fingerprint density at radius 1 is 1.29 bits per heavy atom. The van der Waals surface area contributed by atoms with E-state index in [-0.39, 0.29) is 0 Å². The van der Waals surface area contributed by atoms with Gasteiger partial charge in [-0.3, -0.25) is 0 Å². The summed E-state index contributed by atoms with van der Waals surface area (Å²) in [5.41, 5.74) is 1.97. The van der Waals surface area contributed by atoms with E-state index < -0.39 is 0 Å². The molecule has 1 N–H and O–H groups in total. The molecular weight excluding hydrogens is 196 g/mol. The van der Waals surface area contributed by atoms with Gasteiger partial charge in [-0.15, -0.1) is 5.10 Å². The number of para-hydroxylation sites is 2. The van der Waals surface area contributed by atoms with Crippen molar-refractivity contribution in [2.75, 3.05) is 0 Å². The Kier molecular flexibility index (Phi) is 1.57. The van der Waals surface area contributed by atoms with E-state index >= 15 is 0 Å². The van der Waals surface area contributed by atoms with Crippen LogP contribution in [0.1, 0.15) is 0 Å². The van der Waals surface area contributed by atoms with E-state index in [0.717, 1.165) is 21.7 Å². The molecule has 2 heterocycles. The summed E-state index contributed by atoms with van der Waals surface area (Å²) in [5, 5.41) is 3.65. The van der Waals surface area contributed by atoms with Crippen LogP contribution in [0.2, 0.25) is 0 Å². The molecule has 0 spiro atoms. The van der Waals surface area contributed by atoms with Gasteiger partial charge in [-0.05, 0) is 23.7 Å². The molecule has 2 aromatic heterocycles. The van der Waals surface area contributed by atoms with Crippen molar-refractivity contribution in [3.63, 3.8) is 0 Å². The molecule has 0 aliphatic rings. The zero-order valence-corrected chi connectivity index (χ0v) is 7.88. The molecule has 0 aliphatic heterocycles. The number of nitrogens with zero attached hydrogens (tertiary/aromatic N) is 3. The van der Waals surface area contributed by atoms with E-state index in [1.807, 2.05) is 24.3 Å². The highest BCUT2D eigenvalue weighted by Crippen LogP contribution is 2.20. The van der Waals surface area contributed by atoms with Crippen LogP contribution in [0.25, 0.3) is 21.7 Å². The number of nitrogens with one attached hydrogen (secondary N) is 1.